The van der Waals surface area contributed by atoms with E-state index < -0.39 is 7.92 Å². The highest BCUT2D eigenvalue weighted by Crippen LogP contribution is 2.34. The van der Waals surface area contributed by atoms with E-state index in [0.29, 0.717) is 0 Å². The fraction of sp³-hybridized carbons (Fsp3) is 0.0526. The van der Waals surface area contributed by atoms with E-state index in [0.717, 1.165) is 5.33 Å². The van der Waals surface area contributed by atoms with E-state index in [9.17, 15) is 0 Å². The summed E-state index contributed by atoms with van der Waals surface area (Å²) in [5.74, 6) is 0. The largest absolute Gasteiger partial charge is 0.114 e. The minimum absolute atomic E-state index is 0. The van der Waals surface area contributed by atoms with Crippen LogP contribution in [-0.2, 0) is 5.33 Å². The zero-order valence-electron chi connectivity index (χ0n) is 12.0. The summed E-state index contributed by atoms with van der Waals surface area (Å²) in [6.45, 7) is 0. The molecule has 22 heavy (non-hydrogen) atoms. The predicted octanol–water partition coefficient (Wildman–Crippen LogP) is 4.92. The smallest absolute Gasteiger partial charge is 0.0289 e. The molecule has 0 saturated heterocycles. The zero-order chi connectivity index (χ0) is 14.5. The Morgan fingerprint density at radius 2 is 1.09 bits per heavy atom. The van der Waals surface area contributed by atoms with Gasteiger partial charge in [0.2, 0.25) is 0 Å². The first-order chi connectivity index (χ1) is 10.4. The van der Waals surface area contributed by atoms with E-state index in [-0.39, 0.29) is 17.0 Å². The maximum atomic E-state index is 3.63. The zero-order valence-corrected chi connectivity index (χ0v) is 16.2. The van der Waals surface area contributed by atoms with Crippen molar-refractivity contribution >= 4 is 56.7 Å². The summed E-state index contributed by atoms with van der Waals surface area (Å²) in [5, 5.41) is 5.11. The van der Waals surface area contributed by atoms with Gasteiger partial charge in [0.1, 0.15) is 0 Å². The van der Waals surface area contributed by atoms with Gasteiger partial charge in [0.05, 0.1) is 0 Å². The molecule has 0 fully saturated rings. The Balaban J connectivity index is 0.00000176. The van der Waals surface area contributed by atoms with E-state index in [2.05, 4.69) is 101 Å². The molecule has 0 unspecified atom stereocenters. The van der Waals surface area contributed by atoms with Crippen LogP contribution in [0.3, 0.4) is 0 Å². The average Bonchev–Trinajstić information content (AvgIpc) is 2.58. The molecule has 0 aliphatic heterocycles. The Labute approximate surface area is 152 Å². The van der Waals surface area contributed by atoms with Crippen molar-refractivity contribution in [1.29, 1.82) is 0 Å². The van der Waals surface area contributed by atoms with Gasteiger partial charge in [-0.25, -0.2) is 0 Å². The van der Waals surface area contributed by atoms with Crippen molar-refractivity contribution in [2.24, 2.45) is 0 Å². The molecule has 0 aliphatic carbocycles. The molecule has 0 amide bonds. The molecular weight excluding hydrogens is 419 g/mol. The summed E-state index contributed by atoms with van der Waals surface area (Å²) >= 11 is 3.63. The maximum Gasteiger partial charge on any atom is 0.0289 e. The van der Waals surface area contributed by atoms with Gasteiger partial charge in [-0.1, -0.05) is 101 Å². The monoisotopic (exact) mass is 434 g/mol. The van der Waals surface area contributed by atoms with Crippen LogP contribution in [0.1, 0.15) is 5.56 Å². The van der Waals surface area contributed by atoms with Gasteiger partial charge in [-0.2, -0.15) is 0 Å². The molecule has 0 bridgehead atoms. The highest BCUT2D eigenvalue weighted by Gasteiger charge is 2.18. The van der Waals surface area contributed by atoms with Crippen LogP contribution in [0.4, 0.5) is 0 Å². The summed E-state index contributed by atoms with van der Waals surface area (Å²) < 4.78 is 0. The van der Waals surface area contributed by atoms with Gasteiger partial charge in [-0.05, 0) is 29.4 Å². The lowest BCUT2D eigenvalue weighted by Gasteiger charge is -2.21. The Kier molecular flexibility index (Phi) is 6.82. The van der Waals surface area contributed by atoms with Gasteiger partial charge in [0, 0.05) is 5.33 Å². The van der Waals surface area contributed by atoms with Gasteiger partial charge in [0.15, 0.2) is 0 Å². The SMILES string of the molecule is Br.BrCc1ccccc1P(c1ccccc1)c1ccccc1. The fourth-order valence-corrected chi connectivity index (χ4v) is 5.60. The molecule has 112 valence electrons. The lowest BCUT2D eigenvalue weighted by Crippen LogP contribution is -2.22. The maximum absolute atomic E-state index is 3.63. The van der Waals surface area contributed by atoms with Crippen LogP contribution in [0.15, 0.2) is 84.9 Å². The summed E-state index contributed by atoms with van der Waals surface area (Å²) in [5.41, 5.74) is 1.37. The topological polar surface area (TPSA) is 0 Å². The lowest BCUT2D eigenvalue weighted by atomic mass is 10.2. The van der Waals surface area contributed by atoms with Crippen LogP contribution in [0.2, 0.25) is 0 Å². The summed E-state index contributed by atoms with van der Waals surface area (Å²) in [6, 6.07) is 30.4. The van der Waals surface area contributed by atoms with E-state index in [4.69, 9.17) is 0 Å². The van der Waals surface area contributed by atoms with Gasteiger partial charge in [0.25, 0.3) is 0 Å². The molecule has 3 aromatic rings. The third kappa shape index (κ3) is 3.87. The van der Waals surface area contributed by atoms with Crippen molar-refractivity contribution in [3.63, 3.8) is 0 Å². The standard InChI is InChI=1S/C19H16BrP.BrH/c20-15-16-9-7-8-14-19(16)21(17-10-3-1-4-11-17)18-12-5-2-6-13-18;/h1-14H,15H2;1H. The van der Waals surface area contributed by atoms with E-state index in [1.807, 2.05) is 0 Å². The van der Waals surface area contributed by atoms with Crippen LogP contribution in [0, 0.1) is 0 Å². The molecule has 3 aromatic carbocycles. The molecule has 0 saturated carbocycles. The molecule has 0 nitrogen and oxygen atoms in total. The van der Waals surface area contributed by atoms with Gasteiger partial charge >= 0.3 is 0 Å². The van der Waals surface area contributed by atoms with Crippen LogP contribution >= 0.6 is 40.8 Å². The van der Waals surface area contributed by atoms with Crippen LogP contribution < -0.4 is 15.9 Å². The number of hydrogen-bond donors (Lipinski definition) is 0. The first kappa shape index (κ1) is 17.4. The van der Waals surface area contributed by atoms with Crippen molar-refractivity contribution in [2.75, 3.05) is 0 Å². The lowest BCUT2D eigenvalue weighted by molar-refractivity contribution is 1.48. The van der Waals surface area contributed by atoms with Crippen LogP contribution in [-0.4, -0.2) is 0 Å². The third-order valence-corrected chi connectivity index (χ3v) is 6.56. The molecule has 0 N–H and O–H groups in total. The van der Waals surface area contributed by atoms with Crippen LogP contribution in [0.5, 0.6) is 0 Å². The van der Waals surface area contributed by atoms with Crippen molar-refractivity contribution in [3.8, 4) is 0 Å². The summed E-state index contributed by atoms with van der Waals surface area (Å²) in [6.07, 6.45) is 0. The van der Waals surface area contributed by atoms with Crippen molar-refractivity contribution in [1.82, 2.24) is 0 Å². The molecule has 0 spiro atoms. The molecule has 0 aromatic heterocycles. The number of rotatable bonds is 4. The minimum atomic E-state index is -0.503. The quantitative estimate of drug-likeness (QED) is 0.403. The Hall–Kier alpha value is -0.950. The molecule has 0 atom stereocenters. The number of halogens is 2. The Bertz CT molecular complexity index is 659. The van der Waals surface area contributed by atoms with E-state index in [1.54, 1.807) is 0 Å². The number of hydrogen-bond acceptors (Lipinski definition) is 0. The first-order valence-electron chi connectivity index (χ1n) is 6.94. The van der Waals surface area contributed by atoms with Gasteiger partial charge in [-0.3, -0.25) is 0 Å². The summed E-state index contributed by atoms with van der Waals surface area (Å²) in [7, 11) is -0.503. The second kappa shape index (κ2) is 8.62. The van der Waals surface area contributed by atoms with Gasteiger partial charge in [-0.15, -0.1) is 17.0 Å². The number of benzene rings is 3. The normalized spacial score (nSPS) is 10.3. The highest BCUT2D eigenvalue weighted by atomic mass is 79.9. The van der Waals surface area contributed by atoms with Crippen molar-refractivity contribution < 1.29 is 0 Å². The Morgan fingerprint density at radius 1 is 0.636 bits per heavy atom. The van der Waals surface area contributed by atoms with Gasteiger partial charge < -0.3 is 0 Å². The summed E-state index contributed by atoms with van der Waals surface area (Å²) in [4.78, 5) is 0. The molecular formula is C19H17Br2P. The second-order valence-electron chi connectivity index (χ2n) is 4.77. The van der Waals surface area contributed by atoms with Crippen LogP contribution in [0.25, 0.3) is 0 Å². The molecule has 3 rings (SSSR count). The second-order valence-corrected chi connectivity index (χ2v) is 7.52. The fourth-order valence-electron chi connectivity index (χ4n) is 2.42. The van der Waals surface area contributed by atoms with Crippen molar-refractivity contribution in [3.05, 3.63) is 90.5 Å². The third-order valence-electron chi connectivity index (χ3n) is 3.41. The molecule has 3 heteroatoms. The molecule has 0 heterocycles. The average molecular weight is 436 g/mol. The Morgan fingerprint density at radius 3 is 1.59 bits per heavy atom. The molecule has 0 aliphatic rings. The van der Waals surface area contributed by atoms with Crippen molar-refractivity contribution in [2.45, 2.75) is 5.33 Å². The highest BCUT2D eigenvalue weighted by molar-refractivity contribution is 9.08. The van der Waals surface area contributed by atoms with E-state index >= 15 is 0 Å². The number of alkyl halides is 1. The predicted molar refractivity (Wildman–Crippen MR) is 108 cm³/mol. The van der Waals surface area contributed by atoms with E-state index in [1.165, 1.54) is 21.5 Å². The first-order valence-corrected chi connectivity index (χ1v) is 9.40. The molecule has 0 radical (unpaired) electrons. The minimum Gasteiger partial charge on any atom is -0.114 e.